The van der Waals surface area contributed by atoms with Crippen molar-refractivity contribution in [1.82, 2.24) is 9.78 Å². The third-order valence-corrected chi connectivity index (χ3v) is 3.54. The maximum atomic E-state index is 5.99. The number of aryl methyl sites for hydroxylation is 2. The number of rotatable bonds is 3. The van der Waals surface area contributed by atoms with Crippen molar-refractivity contribution in [3.8, 4) is 0 Å². The summed E-state index contributed by atoms with van der Waals surface area (Å²) in [5, 5.41) is 11.8. The normalized spacial score (nSPS) is 10.4. The molecule has 1 aromatic carbocycles. The Morgan fingerprint density at radius 1 is 1.30 bits per heavy atom. The fourth-order valence-corrected chi connectivity index (χ4v) is 2.28. The van der Waals surface area contributed by atoms with Gasteiger partial charge in [0.05, 0.1) is 17.6 Å². The van der Waals surface area contributed by atoms with Gasteiger partial charge in [0.2, 0.25) is 0 Å². The van der Waals surface area contributed by atoms with Gasteiger partial charge in [-0.1, -0.05) is 17.7 Å². The molecule has 0 atom stereocenters. The molecule has 6 heteroatoms. The van der Waals surface area contributed by atoms with E-state index in [1.165, 1.54) is 0 Å². The molecule has 1 heterocycles. The Morgan fingerprint density at radius 2 is 2.00 bits per heavy atom. The van der Waals surface area contributed by atoms with Crippen LogP contribution in [0.15, 0.2) is 24.4 Å². The van der Waals surface area contributed by atoms with Gasteiger partial charge in [0.15, 0.2) is 5.11 Å². The number of hydrogen-bond donors (Lipinski definition) is 2. The molecule has 2 rings (SSSR count). The second kappa shape index (κ2) is 6.24. The molecule has 0 radical (unpaired) electrons. The highest BCUT2D eigenvalue weighted by atomic mass is 35.5. The molecule has 2 aromatic rings. The summed E-state index contributed by atoms with van der Waals surface area (Å²) in [6, 6.07) is 5.66. The summed E-state index contributed by atoms with van der Waals surface area (Å²) in [5.74, 6) is 0. The highest BCUT2D eigenvalue weighted by molar-refractivity contribution is 7.80. The predicted octanol–water partition coefficient (Wildman–Crippen LogP) is 3.98. The summed E-state index contributed by atoms with van der Waals surface area (Å²) in [6.07, 6.45) is 1.78. The van der Waals surface area contributed by atoms with Gasteiger partial charge in [-0.25, -0.2) is 0 Å². The number of thiocarbonyl (C=S) groups is 1. The van der Waals surface area contributed by atoms with Gasteiger partial charge >= 0.3 is 0 Å². The van der Waals surface area contributed by atoms with Crippen LogP contribution in [0.2, 0.25) is 5.02 Å². The highest BCUT2D eigenvalue weighted by Crippen LogP contribution is 2.21. The standard InChI is InChI=1S/C14H17ClN4S/c1-4-19-10(3)13(8-16-19)18-14(20)17-12-7-11(15)6-5-9(12)2/h5-8H,4H2,1-3H3,(H2,17,18,20). The van der Waals surface area contributed by atoms with Crippen molar-refractivity contribution in [3.63, 3.8) is 0 Å². The van der Waals surface area contributed by atoms with Crippen molar-refractivity contribution < 1.29 is 0 Å². The summed E-state index contributed by atoms with van der Waals surface area (Å²) in [7, 11) is 0. The predicted molar refractivity (Wildman–Crippen MR) is 88.7 cm³/mol. The minimum absolute atomic E-state index is 0.522. The van der Waals surface area contributed by atoms with E-state index in [0.29, 0.717) is 10.1 Å². The lowest BCUT2D eigenvalue weighted by atomic mass is 10.2. The molecular formula is C14H17ClN4S. The zero-order chi connectivity index (χ0) is 14.7. The van der Waals surface area contributed by atoms with Gasteiger partial charge in [0, 0.05) is 17.3 Å². The fraction of sp³-hybridized carbons (Fsp3) is 0.286. The van der Waals surface area contributed by atoms with Crippen molar-refractivity contribution in [3.05, 3.63) is 40.7 Å². The van der Waals surface area contributed by atoms with E-state index >= 15 is 0 Å². The first-order valence-electron chi connectivity index (χ1n) is 6.37. The minimum atomic E-state index is 0.522. The molecule has 2 N–H and O–H groups in total. The molecule has 4 nitrogen and oxygen atoms in total. The van der Waals surface area contributed by atoms with E-state index in [4.69, 9.17) is 23.8 Å². The van der Waals surface area contributed by atoms with E-state index in [-0.39, 0.29) is 0 Å². The van der Waals surface area contributed by atoms with Crippen LogP contribution in [0.25, 0.3) is 0 Å². The molecule has 0 amide bonds. The van der Waals surface area contributed by atoms with Crippen molar-refractivity contribution in [1.29, 1.82) is 0 Å². The lowest BCUT2D eigenvalue weighted by Gasteiger charge is -2.12. The number of hydrogen-bond acceptors (Lipinski definition) is 2. The number of benzene rings is 1. The Bertz CT molecular complexity index is 636. The molecule has 1 aromatic heterocycles. The van der Waals surface area contributed by atoms with Crippen LogP contribution in [0.1, 0.15) is 18.2 Å². The van der Waals surface area contributed by atoms with Gasteiger partial charge in [0.1, 0.15) is 0 Å². The number of anilines is 2. The molecule has 0 saturated heterocycles. The number of halogens is 1. The molecule has 0 aliphatic carbocycles. The van der Waals surface area contributed by atoms with Crippen LogP contribution in [-0.2, 0) is 6.54 Å². The molecule has 0 unspecified atom stereocenters. The van der Waals surface area contributed by atoms with Gasteiger partial charge in [0.25, 0.3) is 0 Å². The van der Waals surface area contributed by atoms with Gasteiger partial charge < -0.3 is 10.6 Å². The van der Waals surface area contributed by atoms with E-state index < -0.39 is 0 Å². The Morgan fingerprint density at radius 3 is 2.65 bits per heavy atom. The smallest absolute Gasteiger partial charge is 0.175 e. The SMILES string of the molecule is CCn1ncc(NC(=S)Nc2cc(Cl)ccc2C)c1C. The molecule has 0 saturated carbocycles. The summed E-state index contributed by atoms with van der Waals surface area (Å²) in [5.41, 5.74) is 3.94. The zero-order valence-corrected chi connectivity index (χ0v) is 13.3. The van der Waals surface area contributed by atoms with Crippen LogP contribution in [0.5, 0.6) is 0 Å². The fourth-order valence-electron chi connectivity index (χ4n) is 1.89. The number of nitrogens with one attached hydrogen (secondary N) is 2. The van der Waals surface area contributed by atoms with Crippen molar-refractivity contribution in [2.45, 2.75) is 27.3 Å². The van der Waals surface area contributed by atoms with E-state index in [2.05, 4.69) is 22.7 Å². The minimum Gasteiger partial charge on any atom is -0.332 e. The average molecular weight is 309 g/mol. The van der Waals surface area contributed by atoms with Crippen LogP contribution in [0, 0.1) is 13.8 Å². The number of nitrogens with zero attached hydrogens (tertiary/aromatic N) is 2. The molecule has 106 valence electrons. The van der Waals surface area contributed by atoms with Gasteiger partial charge in [-0.3, -0.25) is 4.68 Å². The highest BCUT2D eigenvalue weighted by Gasteiger charge is 2.08. The average Bonchev–Trinajstić information content (AvgIpc) is 2.75. The molecule has 20 heavy (non-hydrogen) atoms. The quantitative estimate of drug-likeness (QED) is 0.842. The van der Waals surface area contributed by atoms with Gasteiger partial charge in [-0.2, -0.15) is 5.10 Å². The van der Waals surface area contributed by atoms with E-state index in [9.17, 15) is 0 Å². The van der Waals surface area contributed by atoms with Crippen LogP contribution in [-0.4, -0.2) is 14.9 Å². The molecule has 0 bridgehead atoms. The van der Waals surface area contributed by atoms with E-state index in [1.54, 1.807) is 6.20 Å². The maximum absolute atomic E-state index is 5.99. The molecular weight excluding hydrogens is 292 g/mol. The van der Waals surface area contributed by atoms with E-state index in [0.717, 1.165) is 29.2 Å². The summed E-state index contributed by atoms with van der Waals surface area (Å²) in [6.45, 7) is 6.89. The third kappa shape index (κ3) is 3.29. The number of aromatic nitrogens is 2. The molecule has 0 spiro atoms. The maximum Gasteiger partial charge on any atom is 0.175 e. The topological polar surface area (TPSA) is 41.9 Å². The Kier molecular flexibility index (Phi) is 4.62. The molecule has 0 aliphatic rings. The van der Waals surface area contributed by atoms with Gasteiger partial charge in [-0.15, -0.1) is 0 Å². The van der Waals surface area contributed by atoms with E-state index in [1.807, 2.05) is 36.7 Å². The van der Waals surface area contributed by atoms with Crippen LogP contribution in [0.3, 0.4) is 0 Å². The van der Waals surface area contributed by atoms with Crippen molar-refractivity contribution in [2.24, 2.45) is 0 Å². The summed E-state index contributed by atoms with van der Waals surface area (Å²) in [4.78, 5) is 0. The third-order valence-electron chi connectivity index (χ3n) is 3.10. The molecule has 0 fully saturated rings. The Hall–Kier alpha value is -1.59. The second-order valence-electron chi connectivity index (χ2n) is 4.50. The van der Waals surface area contributed by atoms with Crippen LogP contribution >= 0.6 is 23.8 Å². The first-order valence-corrected chi connectivity index (χ1v) is 7.16. The monoisotopic (exact) mass is 308 g/mol. The second-order valence-corrected chi connectivity index (χ2v) is 5.34. The molecule has 0 aliphatic heterocycles. The van der Waals surface area contributed by atoms with Crippen LogP contribution < -0.4 is 10.6 Å². The zero-order valence-electron chi connectivity index (χ0n) is 11.7. The summed E-state index contributed by atoms with van der Waals surface area (Å²) >= 11 is 11.3. The van der Waals surface area contributed by atoms with Crippen molar-refractivity contribution >= 4 is 40.3 Å². The lowest BCUT2D eigenvalue weighted by Crippen LogP contribution is -2.20. The first kappa shape index (κ1) is 14.8. The Balaban J connectivity index is 2.09. The Labute approximate surface area is 129 Å². The van der Waals surface area contributed by atoms with Crippen molar-refractivity contribution in [2.75, 3.05) is 10.6 Å². The largest absolute Gasteiger partial charge is 0.332 e. The van der Waals surface area contributed by atoms with Crippen LogP contribution in [0.4, 0.5) is 11.4 Å². The van der Waals surface area contributed by atoms with Gasteiger partial charge in [-0.05, 0) is 50.7 Å². The lowest BCUT2D eigenvalue weighted by molar-refractivity contribution is 0.640. The summed E-state index contributed by atoms with van der Waals surface area (Å²) < 4.78 is 1.91. The first-order chi connectivity index (χ1) is 9.51.